The standard InChI is InChI=1S/C11H14N4O/c1-15-7-3-9(14-15)2-6-13-10(16)11(8-12)4-5-11/h3,7H,2,4-6H2,1H3,(H,13,16). The normalized spacial score (nSPS) is 16.5. The molecule has 1 fully saturated rings. The molecule has 1 aliphatic carbocycles. The molecule has 1 aliphatic rings. The van der Waals surface area contributed by atoms with Crippen LogP contribution >= 0.6 is 0 Å². The third-order valence-corrected chi connectivity index (χ3v) is 2.83. The van der Waals surface area contributed by atoms with Crippen LogP contribution in [-0.2, 0) is 18.3 Å². The molecule has 1 saturated carbocycles. The molecule has 0 saturated heterocycles. The van der Waals surface area contributed by atoms with Gasteiger partial charge in [-0.3, -0.25) is 9.48 Å². The van der Waals surface area contributed by atoms with E-state index in [1.54, 1.807) is 4.68 Å². The SMILES string of the molecule is Cn1ccc(CCNC(=O)C2(C#N)CC2)n1. The van der Waals surface area contributed by atoms with Crippen molar-refractivity contribution >= 4 is 5.91 Å². The van der Waals surface area contributed by atoms with Crippen LogP contribution in [0.2, 0.25) is 0 Å². The van der Waals surface area contributed by atoms with E-state index in [1.165, 1.54) is 0 Å². The van der Waals surface area contributed by atoms with Crippen LogP contribution in [0.1, 0.15) is 18.5 Å². The van der Waals surface area contributed by atoms with Crippen LogP contribution in [0.5, 0.6) is 0 Å². The van der Waals surface area contributed by atoms with Gasteiger partial charge in [-0.2, -0.15) is 10.4 Å². The summed E-state index contributed by atoms with van der Waals surface area (Å²) < 4.78 is 1.73. The van der Waals surface area contributed by atoms with Crippen molar-refractivity contribution in [1.29, 1.82) is 5.26 Å². The number of nitrogens with one attached hydrogen (secondary N) is 1. The van der Waals surface area contributed by atoms with Crippen molar-refractivity contribution in [2.75, 3.05) is 6.54 Å². The molecule has 1 heterocycles. The Morgan fingerprint density at radius 3 is 3.00 bits per heavy atom. The molecule has 0 unspecified atom stereocenters. The lowest BCUT2D eigenvalue weighted by Gasteiger charge is -2.06. The van der Waals surface area contributed by atoms with Crippen molar-refractivity contribution in [3.8, 4) is 6.07 Å². The number of rotatable bonds is 4. The zero-order valence-corrected chi connectivity index (χ0v) is 9.23. The van der Waals surface area contributed by atoms with E-state index < -0.39 is 5.41 Å². The van der Waals surface area contributed by atoms with E-state index in [-0.39, 0.29) is 5.91 Å². The topological polar surface area (TPSA) is 70.7 Å². The second kappa shape index (κ2) is 3.97. The minimum absolute atomic E-state index is 0.133. The van der Waals surface area contributed by atoms with Crippen molar-refractivity contribution in [2.24, 2.45) is 12.5 Å². The van der Waals surface area contributed by atoms with E-state index >= 15 is 0 Å². The Morgan fingerprint density at radius 1 is 1.75 bits per heavy atom. The first kappa shape index (κ1) is 10.7. The minimum atomic E-state index is -0.718. The first-order chi connectivity index (χ1) is 7.66. The zero-order chi connectivity index (χ0) is 11.6. The molecule has 16 heavy (non-hydrogen) atoms. The van der Waals surface area contributed by atoms with Gasteiger partial charge in [0.15, 0.2) is 0 Å². The van der Waals surface area contributed by atoms with Crippen molar-refractivity contribution in [3.63, 3.8) is 0 Å². The molecule has 84 valence electrons. The number of carbonyl (C=O) groups excluding carboxylic acids is 1. The summed E-state index contributed by atoms with van der Waals surface area (Å²) >= 11 is 0. The Morgan fingerprint density at radius 2 is 2.50 bits per heavy atom. The maximum absolute atomic E-state index is 11.6. The zero-order valence-electron chi connectivity index (χ0n) is 9.23. The molecule has 0 bridgehead atoms. The molecule has 2 rings (SSSR count). The molecule has 5 heteroatoms. The highest BCUT2D eigenvalue weighted by atomic mass is 16.2. The lowest BCUT2D eigenvalue weighted by atomic mass is 10.1. The number of nitriles is 1. The summed E-state index contributed by atoms with van der Waals surface area (Å²) in [5.41, 5.74) is 0.231. The summed E-state index contributed by atoms with van der Waals surface area (Å²) in [4.78, 5) is 11.6. The molecule has 0 radical (unpaired) electrons. The Hall–Kier alpha value is -1.83. The van der Waals surface area contributed by atoms with Crippen LogP contribution in [0.15, 0.2) is 12.3 Å². The third kappa shape index (κ3) is 2.06. The second-order valence-corrected chi connectivity index (χ2v) is 4.18. The Bertz CT molecular complexity index is 439. The summed E-state index contributed by atoms with van der Waals surface area (Å²) in [7, 11) is 1.86. The van der Waals surface area contributed by atoms with Crippen molar-refractivity contribution < 1.29 is 4.79 Å². The number of hydrogen-bond donors (Lipinski definition) is 1. The highest BCUT2D eigenvalue weighted by Gasteiger charge is 2.50. The Labute approximate surface area is 94.1 Å². The monoisotopic (exact) mass is 218 g/mol. The summed E-state index contributed by atoms with van der Waals surface area (Å²) in [6.45, 7) is 0.541. The maximum atomic E-state index is 11.6. The summed E-state index contributed by atoms with van der Waals surface area (Å²) in [5.74, 6) is -0.133. The largest absolute Gasteiger partial charge is 0.354 e. The highest BCUT2D eigenvalue weighted by molar-refractivity contribution is 5.88. The van der Waals surface area contributed by atoms with E-state index in [9.17, 15) is 4.79 Å². The molecule has 1 aromatic heterocycles. The van der Waals surface area contributed by atoms with Gasteiger partial charge in [-0.05, 0) is 18.9 Å². The molecule has 1 amide bonds. The summed E-state index contributed by atoms with van der Waals surface area (Å²) in [6, 6.07) is 3.99. The van der Waals surface area contributed by atoms with E-state index in [4.69, 9.17) is 5.26 Å². The lowest BCUT2D eigenvalue weighted by Crippen LogP contribution is -2.32. The highest BCUT2D eigenvalue weighted by Crippen LogP contribution is 2.44. The van der Waals surface area contributed by atoms with Crippen LogP contribution in [0.3, 0.4) is 0 Å². The minimum Gasteiger partial charge on any atom is -0.354 e. The van der Waals surface area contributed by atoms with Gasteiger partial charge in [0, 0.05) is 26.2 Å². The predicted molar refractivity (Wildman–Crippen MR) is 57.2 cm³/mol. The van der Waals surface area contributed by atoms with E-state index in [0.29, 0.717) is 25.8 Å². The summed E-state index contributed by atoms with van der Waals surface area (Å²) in [6.07, 6.45) is 3.96. The summed E-state index contributed by atoms with van der Waals surface area (Å²) in [5, 5.41) is 15.8. The molecule has 1 N–H and O–H groups in total. The quantitative estimate of drug-likeness (QED) is 0.794. The van der Waals surface area contributed by atoms with Crippen molar-refractivity contribution in [1.82, 2.24) is 15.1 Å². The second-order valence-electron chi connectivity index (χ2n) is 4.18. The van der Waals surface area contributed by atoms with Gasteiger partial charge in [-0.25, -0.2) is 0 Å². The van der Waals surface area contributed by atoms with E-state index in [0.717, 1.165) is 5.69 Å². The van der Waals surface area contributed by atoms with Gasteiger partial charge in [-0.15, -0.1) is 0 Å². The number of hydrogen-bond acceptors (Lipinski definition) is 3. The molecular weight excluding hydrogens is 204 g/mol. The number of carbonyl (C=O) groups is 1. The van der Waals surface area contributed by atoms with Crippen LogP contribution in [-0.4, -0.2) is 22.2 Å². The molecule has 0 aromatic carbocycles. The number of aromatic nitrogens is 2. The Balaban J connectivity index is 1.77. The predicted octanol–water partition coefficient (Wildman–Crippen LogP) is 0.383. The molecular formula is C11H14N4O. The van der Waals surface area contributed by atoms with Gasteiger partial charge in [-0.1, -0.05) is 0 Å². The lowest BCUT2D eigenvalue weighted by molar-refractivity contribution is -0.124. The van der Waals surface area contributed by atoms with Crippen LogP contribution in [0.25, 0.3) is 0 Å². The first-order valence-corrected chi connectivity index (χ1v) is 5.34. The average molecular weight is 218 g/mol. The maximum Gasteiger partial charge on any atom is 0.240 e. The molecule has 0 spiro atoms. The van der Waals surface area contributed by atoms with E-state index in [1.807, 2.05) is 19.3 Å². The van der Waals surface area contributed by atoms with Crippen molar-refractivity contribution in [2.45, 2.75) is 19.3 Å². The van der Waals surface area contributed by atoms with Gasteiger partial charge in [0.2, 0.25) is 5.91 Å². The van der Waals surface area contributed by atoms with Gasteiger partial charge >= 0.3 is 0 Å². The molecule has 0 atom stereocenters. The third-order valence-electron chi connectivity index (χ3n) is 2.83. The molecule has 5 nitrogen and oxygen atoms in total. The smallest absolute Gasteiger partial charge is 0.240 e. The van der Waals surface area contributed by atoms with E-state index in [2.05, 4.69) is 16.5 Å². The van der Waals surface area contributed by atoms with Crippen LogP contribution < -0.4 is 5.32 Å². The van der Waals surface area contributed by atoms with Crippen LogP contribution in [0.4, 0.5) is 0 Å². The number of nitrogens with zero attached hydrogens (tertiary/aromatic N) is 3. The molecule has 0 aliphatic heterocycles. The van der Waals surface area contributed by atoms with Crippen molar-refractivity contribution in [3.05, 3.63) is 18.0 Å². The number of aryl methyl sites for hydroxylation is 1. The molecule has 1 aromatic rings. The van der Waals surface area contributed by atoms with Crippen LogP contribution in [0, 0.1) is 16.7 Å². The van der Waals surface area contributed by atoms with Gasteiger partial charge in [0.25, 0.3) is 0 Å². The first-order valence-electron chi connectivity index (χ1n) is 5.34. The fraction of sp³-hybridized carbons (Fsp3) is 0.545. The van der Waals surface area contributed by atoms with Gasteiger partial charge in [0.1, 0.15) is 5.41 Å². The van der Waals surface area contributed by atoms with Gasteiger partial charge < -0.3 is 5.32 Å². The number of amides is 1. The van der Waals surface area contributed by atoms with Gasteiger partial charge in [0.05, 0.1) is 11.8 Å². The fourth-order valence-corrected chi connectivity index (χ4v) is 1.58. The average Bonchev–Trinajstić information content (AvgIpc) is 2.98. The fourth-order valence-electron chi connectivity index (χ4n) is 1.58. The Kier molecular flexibility index (Phi) is 2.65.